The van der Waals surface area contributed by atoms with Crippen LogP contribution in [0.4, 0.5) is 5.69 Å². The average molecular weight is 194 g/mol. The molecule has 1 aromatic heterocycles. The van der Waals surface area contributed by atoms with Gasteiger partial charge in [0.1, 0.15) is 0 Å². The third-order valence-electron chi connectivity index (χ3n) is 2.05. The summed E-state index contributed by atoms with van der Waals surface area (Å²) in [6.45, 7) is 3.22. The molecular formula is C11H18N2O. The maximum atomic E-state index is 5.03. The summed E-state index contributed by atoms with van der Waals surface area (Å²) in [5.41, 5.74) is 1.08. The predicted octanol–water partition coefficient (Wildman–Crippen LogP) is 2.69. The van der Waals surface area contributed by atoms with E-state index in [1.807, 2.05) is 12.1 Å². The van der Waals surface area contributed by atoms with E-state index >= 15 is 0 Å². The van der Waals surface area contributed by atoms with Gasteiger partial charge in [0.25, 0.3) is 0 Å². The number of aromatic nitrogens is 1. The molecule has 0 aliphatic heterocycles. The van der Waals surface area contributed by atoms with Crippen molar-refractivity contribution in [2.75, 3.05) is 19.0 Å². The Hall–Kier alpha value is -1.25. The molecule has 0 spiro atoms. The van der Waals surface area contributed by atoms with Gasteiger partial charge in [-0.3, -0.25) is 0 Å². The molecule has 0 amide bonds. The highest BCUT2D eigenvalue weighted by molar-refractivity contribution is 5.44. The smallest absolute Gasteiger partial charge is 0.214 e. The number of ether oxygens (including phenoxy) is 1. The molecule has 0 fully saturated rings. The molecular weight excluding hydrogens is 176 g/mol. The lowest BCUT2D eigenvalue weighted by molar-refractivity contribution is 0.398. The SMILES string of the molecule is CCCCCNc1ccnc(OC)c1. The minimum Gasteiger partial charge on any atom is -0.481 e. The number of hydrogen-bond donors (Lipinski definition) is 1. The van der Waals surface area contributed by atoms with Gasteiger partial charge in [0.15, 0.2) is 0 Å². The molecule has 78 valence electrons. The Kier molecular flexibility index (Phi) is 4.83. The first kappa shape index (κ1) is 10.8. The Morgan fingerprint density at radius 1 is 1.43 bits per heavy atom. The van der Waals surface area contributed by atoms with Crippen molar-refractivity contribution in [3.8, 4) is 5.88 Å². The van der Waals surface area contributed by atoms with Crippen LogP contribution in [0.5, 0.6) is 5.88 Å². The Morgan fingerprint density at radius 3 is 3.00 bits per heavy atom. The van der Waals surface area contributed by atoms with E-state index in [1.54, 1.807) is 13.3 Å². The third kappa shape index (κ3) is 3.64. The topological polar surface area (TPSA) is 34.2 Å². The lowest BCUT2D eigenvalue weighted by atomic mass is 10.2. The van der Waals surface area contributed by atoms with E-state index in [0.717, 1.165) is 12.2 Å². The van der Waals surface area contributed by atoms with Crippen molar-refractivity contribution in [2.24, 2.45) is 0 Å². The number of nitrogens with zero attached hydrogens (tertiary/aromatic N) is 1. The molecule has 14 heavy (non-hydrogen) atoms. The van der Waals surface area contributed by atoms with Crippen molar-refractivity contribution >= 4 is 5.69 Å². The molecule has 0 atom stereocenters. The molecule has 0 unspecified atom stereocenters. The van der Waals surface area contributed by atoms with Crippen LogP contribution in [-0.2, 0) is 0 Å². The fourth-order valence-corrected chi connectivity index (χ4v) is 1.24. The maximum absolute atomic E-state index is 5.03. The Morgan fingerprint density at radius 2 is 2.29 bits per heavy atom. The monoisotopic (exact) mass is 194 g/mol. The minimum absolute atomic E-state index is 0.658. The first-order chi connectivity index (χ1) is 6.86. The summed E-state index contributed by atoms with van der Waals surface area (Å²) >= 11 is 0. The highest BCUT2D eigenvalue weighted by atomic mass is 16.5. The van der Waals surface area contributed by atoms with E-state index in [2.05, 4.69) is 17.2 Å². The van der Waals surface area contributed by atoms with Crippen molar-refractivity contribution in [3.05, 3.63) is 18.3 Å². The second-order valence-corrected chi connectivity index (χ2v) is 3.22. The summed E-state index contributed by atoms with van der Waals surface area (Å²) in [6, 6.07) is 3.86. The van der Waals surface area contributed by atoms with E-state index in [0.29, 0.717) is 5.88 Å². The van der Waals surface area contributed by atoms with Gasteiger partial charge in [0, 0.05) is 24.5 Å². The van der Waals surface area contributed by atoms with Crippen molar-refractivity contribution < 1.29 is 4.74 Å². The Labute approximate surface area is 85.5 Å². The van der Waals surface area contributed by atoms with Crippen LogP contribution in [0.15, 0.2) is 18.3 Å². The molecule has 0 aliphatic carbocycles. The van der Waals surface area contributed by atoms with Crippen molar-refractivity contribution in [1.82, 2.24) is 4.98 Å². The van der Waals surface area contributed by atoms with Crippen LogP contribution in [-0.4, -0.2) is 18.6 Å². The zero-order valence-electron chi connectivity index (χ0n) is 8.92. The van der Waals surface area contributed by atoms with Crippen LogP contribution >= 0.6 is 0 Å². The fourth-order valence-electron chi connectivity index (χ4n) is 1.24. The van der Waals surface area contributed by atoms with E-state index in [-0.39, 0.29) is 0 Å². The van der Waals surface area contributed by atoms with Gasteiger partial charge in [0.2, 0.25) is 5.88 Å². The standard InChI is InChI=1S/C11H18N2O/c1-3-4-5-7-12-10-6-8-13-11(9-10)14-2/h6,8-9H,3-5,7H2,1-2H3,(H,12,13). The number of unbranched alkanes of at least 4 members (excludes halogenated alkanes) is 2. The average Bonchev–Trinajstić information content (AvgIpc) is 2.25. The highest BCUT2D eigenvalue weighted by Crippen LogP contribution is 2.13. The summed E-state index contributed by atoms with van der Waals surface area (Å²) in [5.74, 6) is 0.658. The van der Waals surface area contributed by atoms with Crippen molar-refractivity contribution in [1.29, 1.82) is 0 Å². The molecule has 1 N–H and O–H groups in total. The predicted molar refractivity (Wildman–Crippen MR) is 58.8 cm³/mol. The minimum atomic E-state index is 0.658. The highest BCUT2D eigenvalue weighted by Gasteiger charge is 1.95. The van der Waals surface area contributed by atoms with Crippen molar-refractivity contribution in [3.63, 3.8) is 0 Å². The Balaban J connectivity index is 2.34. The third-order valence-corrected chi connectivity index (χ3v) is 2.05. The normalized spacial score (nSPS) is 9.86. The van der Waals surface area contributed by atoms with Crippen LogP contribution in [0.25, 0.3) is 0 Å². The largest absolute Gasteiger partial charge is 0.481 e. The van der Waals surface area contributed by atoms with Gasteiger partial charge in [-0.15, -0.1) is 0 Å². The lowest BCUT2D eigenvalue weighted by Crippen LogP contribution is -2.01. The Bertz CT molecular complexity index is 263. The van der Waals surface area contributed by atoms with Crippen LogP contribution in [0.3, 0.4) is 0 Å². The molecule has 0 aliphatic rings. The van der Waals surface area contributed by atoms with Gasteiger partial charge in [-0.2, -0.15) is 0 Å². The number of nitrogens with one attached hydrogen (secondary N) is 1. The van der Waals surface area contributed by atoms with E-state index in [1.165, 1.54) is 19.3 Å². The zero-order valence-corrected chi connectivity index (χ0v) is 8.92. The van der Waals surface area contributed by atoms with Crippen molar-refractivity contribution in [2.45, 2.75) is 26.2 Å². The van der Waals surface area contributed by atoms with E-state index in [9.17, 15) is 0 Å². The summed E-state index contributed by atoms with van der Waals surface area (Å²) < 4.78 is 5.03. The molecule has 1 aromatic rings. The zero-order chi connectivity index (χ0) is 10.2. The maximum Gasteiger partial charge on any atom is 0.214 e. The molecule has 3 nitrogen and oxygen atoms in total. The van der Waals surface area contributed by atoms with E-state index < -0.39 is 0 Å². The number of anilines is 1. The van der Waals surface area contributed by atoms with Gasteiger partial charge in [-0.05, 0) is 12.5 Å². The number of methoxy groups -OCH3 is 1. The van der Waals surface area contributed by atoms with Gasteiger partial charge in [-0.1, -0.05) is 19.8 Å². The van der Waals surface area contributed by atoms with Gasteiger partial charge in [-0.25, -0.2) is 4.98 Å². The molecule has 0 bridgehead atoms. The lowest BCUT2D eigenvalue weighted by Gasteiger charge is -2.06. The van der Waals surface area contributed by atoms with Gasteiger partial charge < -0.3 is 10.1 Å². The van der Waals surface area contributed by atoms with Gasteiger partial charge >= 0.3 is 0 Å². The van der Waals surface area contributed by atoms with Crippen LogP contribution in [0.2, 0.25) is 0 Å². The molecule has 0 radical (unpaired) electrons. The summed E-state index contributed by atoms with van der Waals surface area (Å²) in [5, 5.41) is 3.33. The van der Waals surface area contributed by atoms with Gasteiger partial charge in [0.05, 0.1) is 7.11 Å². The van der Waals surface area contributed by atoms with E-state index in [4.69, 9.17) is 4.74 Å². The second kappa shape index (κ2) is 6.24. The second-order valence-electron chi connectivity index (χ2n) is 3.22. The fraction of sp³-hybridized carbons (Fsp3) is 0.545. The van der Waals surface area contributed by atoms with Crippen LogP contribution in [0.1, 0.15) is 26.2 Å². The molecule has 1 rings (SSSR count). The first-order valence-electron chi connectivity index (χ1n) is 5.10. The summed E-state index contributed by atoms with van der Waals surface area (Å²) in [6.07, 6.45) is 5.48. The summed E-state index contributed by atoms with van der Waals surface area (Å²) in [4.78, 5) is 4.04. The molecule has 3 heteroatoms. The molecule has 0 aromatic carbocycles. The summed E-state index contributed by atoms with van der Waals surface area (Å²) in [7, 11) is 1.63. The number of rotatable bonds is 6. The van der Waals surface area contributed by atoms with Crippen LogP contribution < -0.4 is 10.1 Å². The molecule has 0 saturated carbocycles. The number of hydrogen-bond acceptors (Lipinski definition) is 3. The van der Waals surface area contributed by atoms with Crippen LogP contribution in [0, 0.1) is 0 Å². The quantitative estimate of drug-likeness (QED) is 0.707. The molecule has 1 heterocycles. The first-order valence-corrected chi connectivity index (χ1v) is 5.10. The molecule has 0 saturated heterocycles. The number of pyridine rings is 1.